The highest BCUT2D eigenvalue weighted by molar-refractivity contribution is 5.80. The second-order valence-corrected chi connectivity index (χ2v) is 8.22. The lowest BCUT2D eigenvalue weighted by Crippen LogP contribution is -2.43. The molecule has 6 heteroatoms. The Hall–Kier alpha value is -2.63. The quantitative estimate of drug-likeness (QED) is 0.825. The third-order valence-corrected chi connectivity index (χ3v) is 6.42. The maximum atomic E-state index is 13.2. The SMILES string of the molecule is CC(=O)N1CCc2ccccc2[C@H]1CC(=O)N1CCc2c(ncn2C2CC2)C1. The lowest BCUT2D eigenvalue weighted by molar-refractivity contribution is -0.137. The summed E-state index contributed by atoms with van der Waals surface area (Å²) in [7, 11) is 0. The Kier molecular flexibility index (Phi) is 4.22. The maximum absolute atomic E-state index is 13.2. The lowest BCUT2D eigenvalue weighted by Gasteiger charge is -2.38. The van der Waals surface area contributed by atoms with Crippen LogP contribution in [0.5, 0.6) is 0 Å². The summed E-state index contributed by atoms with van der Waals surface area (Å²) >= 11 is 0. The van der Waals surface area contributed by atoms with Gasteiger partial charge >= 0.3 is 0 Å². The minimum atomic E-state index is -0.166. The highest BCUT2D eigenvalue weighted by Gasteiger charge is 2.34. The lowest BCUT2D eigenvalue weighted by atomic mass is 9.90. The van der Waals surface area contributed by atoms with E-state index in [0.29, 0.717) is 25.6 Å². The number of benzene rings is 1. The number of carbonyl (C=O) groups is 2. The van der Waals surface area contributed by atoms with Gasteiger partial charge in [0.05, 0.1) is 31.0 Å². The molecule has 0 spiro atoms. The van der Waals surface area contributed by atoms with Gasteiger partial charge in [0.25, 0.3) is 0 Å². The molecule has 0 unspecified atom stereocenters. The van der Waals surface area contributed by atoms with Crippen molar-refractivity contribution in [2.75, 3.05) is 13.1 Å². The van der Waals surface area contributed by atoms with Gasteiger partial charge in [-0.25, -0.2) is 4.98 Å². The first-order valence-electron chi connectivity index (χ1n) is 10.3. The Morgan fingerprint density at radius 2 is 1.96 bits per heavy atom. The van der Waals surface area contributed by atoms with E-state index in [1.54, 1.807) is 6.92 Å². The van der Waals surface area contributed by atoms with Gasteiger partial charge in [0.2, 0.25) is 11.8 Å². The van der Waals surface area contributed by atoms with Crippen LogP contribution >= 0.6 is 0 Å². The molecule has 2 aliphatic heterocycles. The Morgan fingerprint density at radius 3 is 2.75 bits per heavy atom. The molecular formula is C22H26N4O2. The first kappa shape index (κ1) is 17.5. The van der Waals surface area contributed by atoms with E-state index in [2.05, 4.69) is 21.7 Å². The molecule has 1 fully saturated rings. The standard InChI is InChI=1S/C22H26N4O2/c1-15(27)25-11-8-16-4-2-3-5-18(16)21(25)12-22(28)24-10-9-20-19(13-24)23-14-26(20)17-6-7-17/h2-5,14,17,21H,6-13H2,1H3/t21-/m1/s1. The van der Waals surface area contributed by atoms with Gasteiger partial charge in [-0.3, -0.25) is 9.59 Å². The van der Waals surface area contributed by atoms with Crippen molar-refractivity contribution in [3.05, 3.63) is 53.1 Å². The average molecular weight is 378 g/mol. The minimum Gasteiger partial charge on any atom is -0.336 e. The van der Waals surface area contributed by atoms with Crippen LogP contribution in [0.3, 0.4) is 0 Å². The van der Waals surface area contributed by atoms with Gasteiger partial charge in [0, 0.05) is 38.2 Å². The smallest absolute Gasteiger partial charge is 0.225 e. The van der Waals surface area contributed by atoms with E-state index < -0.39 is 0 Å². The normalized spacial score (nSPS) is 21.2. The molecule has 1 aromatic heterocycles. The highest BCUT2D eigenvalue weighted by Crippen LogP contribution is 2.38. The molecule has 6 nitrogen and oxygen atoms in total. The van der Waals surface area contributed by atoms with E-state index in [9.17, 15) is 9.59 Å². The van der Waals surface area contributed by atoms with Gasteiger partial charge in [-0.05, 0) is 30.4 Å². The van der Waals surface area contributed by atoms with Crippen LogP contribution in [-0.4, -0.2) is 44.3 Å². The molecule has 5 rings (SSSR count). The zero-order chi connectivity index (χ0) is 19.3. The molecule has 1 aromatic carbocycles. The van der Waals surface area contributed by atoms with Crippen molar-refractivity contribution >= 4 is 11.8 Å². The van der Waals surface area contributed by atoms with Gasteiger partial charge in [-0.2, -0.15) is 0 Å². The number of nitrogens with zero attached hydrogens (tertiary/aromatic N) is 4. The van der Waals surface area contributed by atoms with Crippen LogP contribution in [0.1, 0.15) is 60.8 Å². The zero-order valence-corrected chi connectivity index (χ0v) is 16.3. The summed E-state index contributed by atoms with van der Waals surface area (Å²) < 4.78 is 2.31. The summed E-state index contributed by atoms with van der Waals surface area (Å²) in [6, 6.07) is 8.67. The van der Waals surface area contributed by atoms with Gasteiger partial charge in [-0.15, -0.1) is 0 Å². The molecule has 0 bridgehead atoms. The van der Waals surface area contributed by atoms with Crippen molar-refractivity contribution in [1.82, 2.24) is 19.4 Å². The first-order chi connectivity index (χ1) is 13.6. The minimum absolute atomic E-state index is 0.0383. The number of fused-ring (bicyclic) bond motifs is 2. The fraction of sp³-hybridized carbons (Fsp3) is 0.500. The number of aromatic nitrogens is 2. The van der Waals surface area contributed by atoms with E-state index >= 15 is 0 Å². The molecule has 3 heterocycles. The number of hydrogen-bond acceptors (Lipinski definition) is 3. The van der Waals surface area contributed by atoms with Crippen molar-refractivity contribution in [2.24, 2.45) is 0 Å². The number of rotatable bonds is 3. The van der Waals surface area contributed by atoms with Crippen LogP contribution in [0, 0.1) is 0 Å². The largest absolute Gasteiger partial charge is 0.336 e. The van der Waals surface area contributed by atoms with Gasteiger partial charge in [0.15, 0.2) is 0 Å². The van der Waals surface area contributed by atoms with Crippen molar-refractivity contribution < 1.29 is 9.59 Å². The maximum Gasteiger partial charge on any atom is 0.225 e. The highest BCUT2D eigenvalue weighted by atomic mass is 16.2. The Morgan fingerprint density at radius 1 is 1.14 bits per heavy atom. The molecule has 2 aromatic rings. The molecule has 28 heavy (non-hydrogen) atoms. The van der Waals surface area contributed by atoms with Gasteiger partial charge in [0.1, 0.15) is 0 Å². The molecule has 1 saturated carbocycles. The second kappa shape index (κ2) is 6.76. The summed E-state index contributed by atoms with van der Waals surface area (Å²) in [4.78, 5) is 33.7. The second-order valence-electron chi connectivity index (χ2n) is 8.22. The predicted octanol–water partition coefficient (Wildman–Crippen LogP) is 2.64. The molecule has 0 saturated heterocycles. The molecule has 1 aliphatic carbocycles. The molecule has 146 valence electrons. The van der Waals surface area contributed by atoms with E-state index in [1.165, 1.54) is 24.1 Å². The van der Waals surface area contributed by atoms with E-state index in [4.69, 9.17) is 0 Å². The van der Waals surface area contributed by atoms with Crippen LogP contribution in [0.2, 0.25) is 0 Å². The number of imidazole rings is 1. The van der Waals surface area contributed by atoms with E-state index in [0.717, 1.165) is 30.6 Å². The molecular weight excluding hydrogens is 352 g/mol. The number of carbonyl (C=O) groups excluding carboxylic acids is 2. The van der Waals surface area contributed by atoms with Gasteiger partial charge < -0.3 is 14.4 Å². The van der Waals surface area contributed by atoms with E-state index in [1.807, 2.05) is 28.3 Å². The zero-order valence-electron chi connectivity index (χ0n) is 16.3. The predicted molar refractivity (Wildman–Crippen MR) is 105 cm³/mol. The fourth-order valence-corrected chi connectivity index (χ4v) is 4.75. The Labute approximate surface area is 165 Å². The van der Waals surface area contributed by atoms with Gasteiger partial charge in [-0.1, -0.05) is 24.3 Å². The summed E-state index contributed by atoms with van der Waals surface area (Å²) in [6.07, 6.45) is 6.50. The summed E-state index contributed by atoms with van der Waals surface area (Å²) in [6.45, 7) is 3.60. The molecule has 0 radical (unpaired) electrons. The molecule has 3 aliphatic rings. The van der Waals surface area contributed by atoms with Crippen LogP contribution in [-0.2, 0) is 29.0 Å². The fourth-order valence-electron chi connectivity index (χ4n) is 4.75. The van der Waals surface area contributed by atoms with Crippen LogP contribution in [0.15, 0.2) is 30.6 Å². The third-order valence-electron chi connectivity index (χ3n) is 6.42. The van der Waals surface area contributed by atoms with Crippen molar-refractivity contribution in [2.45, 2.75) is 57.7 Å². The summed E-state index contributed by atoms with van der Waals surface area (Å²) in [5.74, 6) is 0.149. The van der Waals surface area contributed by atoms with Crippen LogP contribution in [0.4, 0.5) is 0 Å². The van der Waals surface area contributed by atoms with Crippen LogP contribution < -0.4 is 0 Å². The van der Waals surface area contributed by atoms with Crippen molar-refractivity contribution in [1.29, 1.82) is 0 Å². The monoisotopic (exact) mass is 378 g/mol. The molecule has 0 N–H and O–H groups in total. The number of hydrogen-bond donors (Lipinski definition) is 0. The summed E-state index contributed by atoms with van der Waals surface area (Å²) in [5.41, 5.74) is 4.72. The third kappa shape index (κ3) is 3.01. The Bertz CT molecular complexity index is 930. The summed E-state index contributed by atoms with van der Waals surface area (Å²) in [5, 5.41) is 0. The van der Waals surface area contributed by atoms with Crippen molar-refractivity contribution in [3.63, 3.8) is 0 Å². The Balaban J connectivity index is 1.35. The van der Waals surface area contributed by atoms with E-state index in [-0.39, 0.29) is 17.9 Å². The topological polar surface area (TPSA) is 58.4 Å². The number of amides is 2. The molecule has 1 atom stereocenters. The average Bonchev–Trinajstić information content (AvgIpc) is 3.46. The van der Waals surface area contributed by atoms with Crippen molar-refractivity contribution in [3.8, 4) is 0 Å². The van der Waals surface area contributed by atoms with Crippen LogP contribution in [0.25, 0.3) is 0 Å². The first-order valence-corrected chi connectivity index (χ1v) is 10.3. The molecule has 2 amide bonds.